The van der Waals surface area contributed by atoms with E-state index in [1.54, 1.807) is 23.5 Å². The fourth-order valence-electron chi connectivity index (χ4n) is 3.42. The number of phenols is 1. The maximum atomic E-state index is 10.4. The van der Waals surface area contributed by atoms with E-state index in [1.165, 1.54) is 17.8 Å². The summed E-state index contributed by atoms with van der Waals surface area (Å²) in [6.45, 7) is 5.99. The van der Waals surface area contributed by atoms with Gasteiger partial charge in [-0.3, -0.25) is 0 Å². The third-order valence-corrected chi connectivity index (χ3v) is 6.40. The molecule has 1 aromatic heterocycles. The van der Waals surface area contributed by atoms with Crippen LogP contribution >= 0.6 is 11.3 Å². The van der Waals surface area contributed by atoms with E-state index >= 15 is 0 Å². The van der Waals surface area contributed by atoms with Crippen molar-refractivity contribution >= 4 is 32.2 Å². The Kier molecular flexibility index (Phi) is 6.55. The molecule has 5 nitrogen and oxygen atoms in total. The van der Waals surface area contributed by atoms with E-state index in [-0.39, 0.29) is 4.90 Å². The normalized spacial score (nSPS) is 11.2. The Morgan fingerprint density at radius 3 is 2.20 bits per heavy atom. The lowest BCUT2D eigenvalue weighted by molar-refractivity contribution is -0.589. The molecule has 3 aromatic carbocycles. The number of rotatable bonds is 3. The van der Waals surface area contributed by atoms with Gasteiger partial charge in [-0.1, -0.05) is 54.2 Å². The topological polar surface area (TPSA) is 81.3 Å². The second kappa shape index (κ2) is 8.95. The van der Waals surface area contributed by atoms with Gasteiger partial charge in [0, 0.05) is 16.5 Å². The number of phenolic OH excluding ortho intramolecular Hbond substituents is 1. The van der Waals surface area contributed by atoms with Crippen LogP contribution in [0.25, 0.3) is 16.5 Å². The van der Waals surface area contributed by atoms with E-state index in [9.17, 15) is 18.1 Å². The summed E-state index contributed by atoms with van der Waals surface area (Å²) in [5.74, 6) is 0.426. The van der Waals surface area contributed by atoms with Gasteiger partial charge < -0.3 is 9.66 Å². The van der Waals surface area contributed by atoms with Crippen molar-refractivity contribution in [3.05, 3.63) is 82.3 Å². The van der Waals surface area contributed by atoms with Gasteiger partial charge in [0.25, 0.3) is 0 Å². The van der Waals surface area contributed by atoms with Crippen molar-refractivity contribution in [3.8, 4) is 11.4 Å². The molecule has 0 spiro atoms. The number of aromatic nitrogens is 1. The molecule has 1 N–H and O–H groups in total. The summed E-state index contributed by atoms with van der Waals surface area (Å²) in [5.41, 5.74) is 6.38. The molecule has 30 heavy (non-hydrogen) atoms. The Morgan fingerprint density at radius 2 is 1.67 bits per heavy atom. The van der Waals surface area contributed by atoms with Crippen LogP contribution < -0.4 is 4.57 Å². The second-order valence-corrected chi connectivity index (χ2v) is 9.04. The minimum atomic E-state index is -4.27. The van der Waals surface area contributed by atoms with Crippen LogP contribution in [0.15, 0.2) is 70.5 Å². The summed E-state index contributed by atoms with van der Waals surface area (Å²) in [4.78, 5) is -0.178. The first-order valence-corrected chi connectivity index (χ1v) is 11.8. The minimum Gasteiger partial charge on any atom is -0.744 e. The Morgan fingerprint density at radius 1 is 1.03 bits per heavy atom. The smallest absolute Gasteiger partial charge is 0.230 e. The molecule has 1 heterocycles. The van der Waals surface area contributed by atoms with E-state index in [0.717, 1.165) is 33.9 Å². The van der Waals surface area contributed by atoms with Crippen molar-refractivity contribution in [2.75, 3.05) is 0 Å². The lowest BCUT2D eigenvalue weighted by Gasteiger charge is -2.12. The Hall–Kier alpha value is -2.74. The number of thiazole rings is 1. The molecule has 0 amide bonds. The number of hydrogen-bond acceptors (Lipinski definition) is 5. The van der Waals surface area contributed by atoms with Gasteiger partial charge in [0.1, 0.15) is 15.9 Å². The highest BCUT2D eigenvalue weighted by molar-refractivity contribution is 7.85. The zero-order valence-electron chi connectivity index (χ0n) is 17.0. The molecule has 7 heteroatoms. The molecule has 156 valence electrons. The molecule has 4 rings (SSSR count). The second-order valence-electron chi connectivity index (χ2n) is 6.90. The highest BCUT2D eigenvalue weighted by Gasteiger charge is 2.21. The van der Waals surface area contributed by atoms with E-state index < -0.39 is 10.1 Å². The largest absolute Gasteiger partial charge is 0.744 e. The van der Waals surface area contributed by atoms with Crippen molar-refractivity contribution in [3.63, 3.8) is 0 Å². The first kappa shape index (κ1) is 22.0. The predicted molar refractivity (Wildman–Crippen MR) is 118 cm³/mol. The maximum absolute atomic E-state index is 10.4. The third kappa shape index (κ3) is 4.53. The van der Waals surface area contributed by atoms with Crippen LogP contribution in [0.2, 0.25) is 0 Å². The molecule has 0 aliphatic heterocycles. The summed E-state index contributed by atoms with van der Waals surface area (Å²) in [7, 11) is -4.27. The number of benzene rings is 3. The molecule has 0 unspecified atom stereocenters. The highest BCUT2D eigenvalue weighted by atomic mass is 32.2. The van der Waals surface area contributed by atoms with Crippen LogP contribution in [-0.2, 0) is 16.5 Å². The maximum Gasteiger partial charge on any atom is 0.230 e. The molecule has 0 aliphatic rings. The molecule has 4 aromatic rings. The predicted octanol–water partition coefficient (Wildman–Crippen LogP) is 4.65. The molecule has 0 saturated heterocycles. The van der Waals surface area contributed by atoms with Crippen molar-refractivity contribution in [2.24, 2.45) is 0 Å². The summed E-state index contributed by atoms with van der Waals surface area (Å²) < 4.78 is 33.3. The van der Waals surface area contributed by atoms with Crippen molar-refractivity contribution in [2.45, 2.75) is 32.1 Å². The van der Waals surface area contributed by atoms with Crippen LogP contribution in [0, 0.1) is 13.8 Å². The summed E-state index contributed by atoms with van der Waals surface area (Å²) in [6.07, 6.45) is 2.90. The number of aromatic hydroxyl groups is 1. The Bertz CT molecular complexity index is 1260. The van der Waals surface area contributed by atoms with Crippen LogP contribution in [0.4, 0.5) is 0 Å². The van der Waals surface area contributed by atoms with Crippen LogP contribution in [0.3, 0.4) is 0 Å². The first-order chi connectivity index (χ1) is 14.2. The average molecular weight is 442 g/mol. The molecule has 0 atom stereocenters. The molecular formula is C23H23NO4S2. The van der Waals surface area contributed by atoms with E-state index in [2.05, 4.69) is 41.6 Å². The fraction of sp³-hybridized carbons (Fsp3) is 0.174. The molecular weight excluding hydrogens is 418 g/mol. The standard InChI is InChI=1S/C16H15NOS.C7H8O3S/c1-3-12-11(2)15(17-8-9-19-10-17)13-6-4-5-7-14(13)16(12)18;1-6-2-4-7(5-3-6)11(8,9)10/h4-10H,3H2,1-2H3;2-5H,1H3,(H,8,9,10). The Labute approximate surface area is 180 Å². The zero-order valence-corrected chi connectivity index (χ0v) is 18.6. The van der Waals surface area contributed by atoms with Crippen molar-refractivity contribution in [1.29, 1.82) is 0 Å². The summed E-state index contributed by atoms with van der Waals surface area (Å²) in [5, 5.41) is 14.5. The van der Waals surface area contributed by atoms with Crippen LogP contribution in [0.5, 0.6) is 5.75 Å². The number of nitrogens with zero attached hydrogens (tertiary/aromatic N) is 1. The van der Waals surface area contributed by atoms with Gasteiger partial charge in [0.05, 0.1) is 15.7 Å². The Balaban J connectivity index is 0.000000199. The van der Waals surface area contributed by atoms with Crippen LogP contribution in [-0.4, -0.2) is 18.1 Å². The number of fused-ring (bicyclic) bond motifs is 1. The van der Waals surface area contributed by atoms with Crippen molar-refractivity contribution in [1.82, 2.24) is 0 Å². The SMILES string of the molecule is CCc1c(C)c(-[n+]2ccsc2)c2ccccc2c1O.Cc1ccc(S(=O)(=O)[O-])cc1. The third-order valence-electron chi connectivity index (χ3n) is 4.93. The lowest BCUT2D eigenvalue weighted by Crippen LogP contribution is -2.28. The van der Waals surface area contributed by atoms with Crippen molar-refractivity contribution < 1.29 is 22.6 Å². The van der Waals surface area contributed by atoms with Gasteiger partial charge >= 0.3 is 0 Å². The van der Waals surface area contributed by atoms with Gasteiger partial charge in [0.2, 0.25) is 11.2 Å². The van der Waals surface area contributed by atoms with E-state index in [4.69, 9.17) is 0 Å². The molecule has 0 fully saturated rings. The van der Waals surface area contributed by atoms with Gasteiger partial charge in [-0.05, 0) is 38.5 Å². The van der Waals surface area contributed by atoms with Gasteiger partial charge in [-0.2, -0.15) is 4.57 Å². The van der Waals surface area contributed by atoms with Gasteiger partial charge in [-0.25, -0.2) is 8.42 Å². The average Bonchev–Trinajstić information content (AvgIpc) is 3.23. The quantitative estimate of drug-likeness (QED) is 0.371. The minimum absolute atomic E-state index is 0.178. The van der Waals surface area contributed by atoms with Gasteiger partial charge in [-0.15, -0.1) is 0 Å². The number of hydrogen-bond donors (Lipinski definition) is 1. The molecule has 0 bridgehead atoms. The first-order valence-electron chi connectivity index (χ1n) is 9.43. The molecule has 0 aliphatic carbocycles. The number of aryl methyl sites for hydroxylation is 1. The molecule has 0 radical (unpaired) electrons. The van der Waals surface area contributed by atoms with Crippen LogP contribution in [0.1, 0.15) is 23.6 Å². The van der Waals surface area contributed by atoms with E-state index in [1.807, 2.05) is 25.1 Å². The zero-order chi connectivity index (χ0) is 21.9. The monoisotopic (exact) mass is 441 g/mol. The fourth-order valence-corrected chi connectivity index (χ4v) is 4.46. The molecule has 0 saturated carbocycles. The highest BCUT2D eigenvalue weighted by Crippen LogP contribution is 2.35. The lowest BCUT2D eigenvalue weighted by atomic mass is 9.96. The summed E-state index contributed by atoms with van der Waals surface area (Å²) >= 11 is 1.67. The van der Waals surface area contributed by atoms with E-state index in [0.29, 0.717) is 5.75 Å². The van der Waals surface area contributed by atoms with Gasteiger partial charge in [0.15, 0.2) is 6.20 Å². The summed E-state index contributed by atoms with van der Waals surface area (Å²) in [6, 6.07) is 13.8.